The molecule has 0 aromatic heterocycles. The maximum atomic E-state index is 13.8. The Morgan fingerprint density at radius 3 is 2.65 bits per heavy atom. The van der Waals surface area contributed by atoms with Crippen LogP contribution in [0.4, 0.5) is 10.1 Å². The summed E-state index contributed by atoms with van der Waals surface area (Å²) >= 11 is 6.12. The molecule has 0 unspecified atom stereocenters. The molecule has 4 heteroatoms. The van der Waals surface area contributed by atoms with E-state index in [2.05, 4.69) is 11.1 Å². The largest absolute Gasteiger partial charge is 0.488 e. The van der Waals surface area contributed by atoms with Crippen molar-refractivity contribution in [2.75, 3.05) is 0 Å². The molecule has 26 heavy (non-hydrogen) atoms. The normalized spacial score (nSPS) is 11.1. The summed E-state index contributed by atoms with van der Waals surface area (Å²) in [5, 5.41) is 0.589. The fourth-order valence-electron chi connectivity index (χ4n) is 2.52. The van der Waals surface area contributed by atoms with Gasteiger partial charge in [0.1, 0.15) is 18.2 Å². The second-order valence-electron chi connectivity index (χ2n) is 6.11. The highest BCUT2D eigenvalue weighted by atomic mass is 35.5. The zero-order valence-electron chi connectivity index (χ0n) is 14.7. The Balaban J connectivity index is 1.85. The maximum absolute atomic E-state index is 13.8. The summed E-state index contributed by atoms with van der Waals surface area (Å²) in [6, 6.07) is 18.0. The van der Waals surface area contributed by atoms with Gasteiger partial charge in [0, 0.05) is 22.4 Å². The van der Waals surface area contributed by atoms with E-state index in [4.69, 9.17) is 16.3 Å². The van der Waals surface area contributed by atoms with Crippen molar-refractivity contribution in [1.29, 1.82) is 0 Å². The summed E-state index contributed by atoms with van der Waals surface area (Å²) in [5.41, 5.74) is 4.37. The molecule has 0 aliphatic rings. The van der Waals surface area contributed by atoms with Gasteiger partial charge in [0.05, 0.1) is 5.69 Å². The Labute approximate surface area is 157 Å². The fourth-order valence-corrected chi connectivity index (χ4v) is 2.70. The first-order valence-electron chi connectivity index (χ1n) is 8.30. The van der Waals surface area contributed by atoms with E-state index in [0.717, 1.165) is 22.4 Å². The molecule has 0 amide bonds. The van der Waals surface area contributed by atoms with Crippen LogP contribution in [0.1, 0.15) is 22.3 Å². The molecule has 0 spiro atoms. The highest BCUT2D eigenvalue weighted by Crippen LogP contribution is 2.25. The summed E-state index contributed by atoms with van der Waals surface area (Å²) < 4.78 is 19.6. The van der Waals surface area contributed by atoms with E-state index in [-0.39, 0.29) is 12.4 Å². The van der Waals surface area contributed by atoms with Crippen LogP contribution in [0.25, 0.3) is 0 Å². The first-order valence-corrected chi connectivity index (χ1v) is 8.68. The van der Waals surface area contributed by atoms with E-state index < -0.39 is 0 Å². The van der Waals surface area contributed by atoms with E-state index in [9.17, 15) is 4.39 Å². The third-order valence-electron chi connectivity index (χ3n) is 4.02. The zero-order valence-corrected chi connectivity index (χ0v) is 15.4. The van der Waals surface area contributed by atoms with Crippen molar-refractivity contribution in [2.24, 2.45) is 4.99 Å². The SMILES string of the molecule is Cc1ccc(C)c(N=Cc2cc(Cl)ccc2OCc2ccccc2F)c1. The molecule has 0 N–H and O–H groups in total. The number of aliphatic imine (C=N–C) groups is 1. The molecule has 0 fully saturated rings. The second kappa shape index (κ2) is 8.15. The quantitative estimate of drug-likeness (QED) is 0.476. The molecule has 3 aromatic carbocycles. The summed E-state index contributed by atoms with van der Waals surface area (Å²) in [4.78, 5) is 4.57. The number of nitrogens with zero attached hydrogens (tertiary/aromatic N) is 1. The minimum Gasteiger partial charge on any atom is -0.488 e. The molecular weight excluding hydrogens is 349 g/mol. The molecule has 0 radical (unpaired) electrons. The van der Waals surface area contributed by atoms with Crippen molar-refractivity contribution in [3.63, 3.8) is 0 Å². The molecular formula is C22H19ClFNO. The number of halogens is 2. The summed E-state index contributed by atoms with van der Waals surface area (Å²) in [6.45, 7) is 4.18. The van der Waals surface area contributed by atoms with Crippen LogP contribution in [0.15, 0.2) is 65.7 Å². The predicted molar refractivity (Wildman–Crippen MR) is 105 cm³/mol. The first-order chi connectivity index (χ1) is 12.5. The van der Waals surface area contributed by atoms with E-state index in [1.165, 1.54) is 6.07 Å². The number of ether oxygens (including phenoxy) is 1. The molecule has 0 aliphatic heterocycles. The lowest BCUT2D eigenvalue weighted by Crippen LogP contribution is -2.00. The average molecular weight is 368 g/mol. The third kappa shape index (κ3) is 4.50. The van der Waals surface area contributed by atoms with Crippen molar-refractivity contribution < 1.29 is 9.13 Å². The van der Waals surface area contributed by atoms with Gasteiger partial charge in [-0.3, -0.25) is 4.99 Å². The monoisotopic (exact) mass is 367 g/mol. The Morgan fingerprint density at radius 2 is 1.85 bits per heavy atom. The van der Waals surface area contributed by atoms with Gasteiger partial charge < -0.3 is 4.74 Å². The number of benzene rings is 3. The average Bonchev–Trinajstić information content (AvgIpc) is 2.63. The van der Waals surface area contributed by atoms with Gasteiger partial charge in [-0.25, -0.2) is 4.39 Å². The smallest absolute Gasteiger partial charge is 0.129 e. The van der Waals surface area contributed by atoms with Crippen LogP contribution in [-0.2, 0) is 6.61 Å². The maximum Gasteiger partial charge on any atom is 0.129 e. The highest BCUT2D eigenvalue weighted by Gasteiger charge is 2.06. The van der Waals surface area contributed by atoms with Gasteiger partial charge in [-0.1, -0.05) is 41.9 Å². The van der Waals surface area contributed by atoms with Crippen LogP contribution in [-0.4, -0.2) is 6.21 Å². The molecule has 0 saturated heterocycles. The first kappa shape index (κ1) is 18.2. The van der Waals surface area contributed by atoms with Gasteiger partial charge in [-0.15, -0.1) is 0 Å². The molecule has 0 saturated carbocycles. The van der Waals surface area contributed by atoms with E-state index in [0.29, 0.717) is 16.3 Å². The molecule has 0 aliphatic carbocycles. The van der Waals surface area contributed by atoms with E-state index >= 15 is 0 Å². The van der Waals surface area contributed by atoms with Crippen molar-refractivity contribution in [3.05, 3.63) is 93.8 Å². The number of aryl methyl sites for hydroxylation is 2. The van der Waals surface area contributed by atoms with Crippen LogP contribution in [0.5, 0.6) is 5.75 Å². The molecule has 2 nitrogen and oxygen atoms in total. The van der Waals surface area contributed by atoms with Gasteiger partial charge in [-0.2, -0.15) is 0 Å². The van der Waals surface area contributed by atoms with Gasteiger partial charge in [0.2, 0.25) is 0 Å². The van der Waals surface area contributed by atoms with Crippen molar-refractivity contribution in [1.82, 2.24) is 0 Å². The Bertz CT molecular complexity index is 953. The summed E-state index contributed by atoms with van der Waals surface area (Å²) in [7, 11) is 0. The van der Waals surface area contributed by atoms with Gasteiger partial charge in [0.25, 0.3) is 0 Å². The zero-order chi connectivity index (χ0) is 18.5. The van der Waals surface area contributed by atoms with Crippen LogP contribution >= 0.6 is 11.6 Å². The summed E-state index contributed by atoms with van der Waals surface area (Å²) in [6.07, 6.45) is 1.73. The van der Waals surface area contributed by atoms with Crippen LogP contribution in [0, 0.1) is 19.7 Å². The van der Waals surface area contributed by atoms with E-state index in [1.54, 1.807) is 42.6 Å². The lowest BCUT2D eigenvalue weighted by Gasteiger charge is -2.10. The van der Waals surface area contributed by atoms with Crippen LogP contribution < -0.4 is 4.74 Å². The second-order valence-corrected chi connectivity index (χ2v) is 6.55. The fraction of sp³-hybridized carbons (Fsp3) is 0.136. The molecule has 0 bridgehead atoms. The van der Waals surface area contributed by atoms with Gasteiger partial charge in [0.15, 0.2) is 0 Å². The topological polar surface area (TPSA) is 21.6 Å². The Kier molecular flexibility index (Phi) is 5.69. The standard InChI is InChI=1S/C22H19ClFNO/c1-15-7-8-16(2)21(11-15)25-13-18-12-19(23)9-10-22(18)26-14-17-5-3-4-6-20(17)24/h3-13H,14H2,1-2H3. The minimum atomic E-state index is -0.285. The van der Waals surface area contributed by atoms with Crippen LogP contribution in [0.3, 0.4) is 0 Å². The molecule has 0 atom stereocenters. The third-order valence-corrected chi connectivity index (χ3v) is 4.26. The molecule has 3 rings (SSSR count). The van der Waals surface area contributed by atoms with E-state index in [1.807, 2.05) is 26.0 Å². The minimum absolute atomic E-state index is 0.138. The summed E-state index contributed by atoms with van der Waals surface area (Å²) in [5.74, 6) is 0.318. The Hall–Kier alpha value is -2.65. The predicted octanol–water partition coefficient (Wildman–Crippen LogP) is 6.43. The lowest BCUT2D eigenvalue weighted by atomic mass is 10.1. The Morgan fingerprint density at radius 1 is 1.04 bits per heavy atom. The van der Waals surface area contributed by atoms with Crippen molar-refractivity contribution in [2.45, 2.75) is 20.5 Å². The molecule has 3 aromatic rings. The number of rotatable bonds is 5. The highest BCUT2D eigenvalue weighted by molar-refractivity contribution is 6.30. The van der Waals surface area contributed by atoms with Crippen LogP contribution in [0.2, 0.25) is 5.02 Å². The van der Waals surface area contributed by atoms with Crippen molar-refractivity contribution in [3.8, 4) is 5.75 Å². The molecule has 132 valence electrons. The van der Waals surface area contributed by atoms with Gasteiger partial charge >= 0.3 is 0 Å². The molecule has 0 heterocycles. The van der Waals surface area contributed by atoms with Crippen molar-refractivity contribution >= 4 is 23.5 Å². The number of hydrogen-bond donors (Lipinski definition) is 0. The lowest BCUT2D eigenvalue weighted by molar-refractivity contribution is 0.299. The van der Waals surface area contributed by atoms with Gasteiger partial charge in [-0.05, 0) is 55.3 Å². The number of hydrogen-bond acceptors (Lipinski definition) is 2.